The summed E-state index contributed by atoms with van der Waals surface area (Å²) in [5.41, 5.74) is -1.56. The van der Waals surface area contributed by atoms with Gasteiger partial charge < -0.3 is 15.0 Å². The molecule has 1 N–H and O–H groups in total. The Labute approximate surface area is 214 Å². The highest BCUT2D eigenvalue weighted by molar-refractivity contribution is 6.30. The minimum Gasteiger partial charge on any atom is -0.447 e. The van der Waals surface area contributed by atoms with Crippen LogP contribution >= 0.6 is 11.6 Å². The molecule has 3 amide bonds. The van der Waals surface area contributed by atoms with Crippen molar-refractivity contribution in [2.75, 3.05) is 31.1 Å². The molecule has 0 aliphatic carbocycles. The van der Waals surface area contributed by atoms with Gasteiger partial charge in [-0.15, -0.1) is 0 Å². The Morgan fingerprint density at radius 2 is 1.95 bits per heavy atom. The van der Waals surface area contributed by atoms with Gasteiger partial charge in [-0.1, -0.05) is 23.7 Å². The number of anilines is 1. The molecule has 0 radical (unpaired) electrons. The molecule has 0 spiro atoms. The number of nitrogens with one attached hydrogen (secondary N) is 1. The van der Waals surface area contributed by atoms with Crippen LogP contribution in [0.5, 0.6) is 0 Å². The molecule has 2 aliphatic rings. The molecule has 0 unspecified atom stereocenters. The first-order valence-corrected chi connectivity index (χ1v) is 11.8. The highest BCUT2D eigenvalue weighted by atomic mass is 35.5. The summed E-state index contributed by atoms with van der Waals surface area (Å²) in [5.74, 6) is -1.00. The van der Waals surface area contributed by atoms with E-state index in [-0.39, 0.29) is 55.3 Å². The highest BCUT2D eigenvalue weighted by Crippen LogP contribution is 2.25. The molecule has 2 fully saturated rings. The number of benzene rings is 1. The summed E-state index contributed by atoms with van der Waals surface area (Å²) in [6.07, 6.45) is 0.697. The smallest absolute Gasteiger partial charge is 0.415 e. The van der Waals surface area contributed by atoms with Crippen molar-refractivity contribution in [3.8, 4) is 0 Å². The molecule has 2 aromatic heterocycles. The quantitative estimate of drug-likeness (QED) is 0.517. The second-order valence-electron chi connectivity index (χ2n) is 9.12. The van der Waals surface area contributed by atoms with E-state index in [9.17, 15) is 23.6 Å². The number of ether oxygens (including phenoxy) is 1. The van der Waals surface area contributed by atoms with Gasteiger partial charge in [-0.25, -0.2) is 19.2 Å². The minimum absolute atomic E-state index is 0.0486. The number of amides is 3. The number of carbonyl (C=O) groups excluding carboxylic acids is 3. The van der Waals surface area contributed by atoms with Crippen LogP contribution in [-0.2, 0) is 22.6 Å². The maximum absolute atomic E-state index is 13.9. The van der Waals surface area contributed by atoms with E-state index in [1.165, 1.54) is 29.0 Å². The Morgan fingerprint density at radius 1 is 1.22 bits per heavy atom. The van der Waals surface area contributed by atoms with Gasteiger partial charge >= 0.3 is 6.09 Å². The first-order chi connectivity index (χ1) is 17.6. The lowest BCUT2D eigenvalue weighted by atomic mass is 9.99. The Balaban J connectivity index is 1.50. The topological polar surface area (TPSA) is 127 Å². The molecule has 2 aliphatic heterocycles. The number of halogens is 2. The van der Waals surface area contributed by atoms with Crippen molar-refractivity contribution in [3.63, 3.8) is 0 Å². The van der Waals surface area contributed by atoms with Crippen molar-refractivity contribution >= 4 is 46.5 Å². The number of nitrogens with zero attached hydrogens (tertiary/aromatic N) is 5. The van der Waals surface area contributed by atoms with Gasteiger partial charge in [0.05, 0.1) is 25.8 Å². The minimum atomic E-state index is -1.48. The molecule has 11 nitrogen and oxygen atoms in total. The second-order valence-corrected chi connectivity index (χ2v) is 9.56. The molecular weight excluding hydrogens is 507 g/mol. The standard InChI is InChI=1S/C24H22ClFN6O5/c1-24(26)12-30(13-24)19(33)11-32-20-17(29-18(10-27-20)31-6-7-37-23(31)36)8-16(22(32)35)21(34)28-9-14-2-4-15(25)5-3-14/h2-5,8,10H,6-7,9,11-13H2,1H3,(H,28,34). The van der Waals surface area contributed by atoms with Crippen LogP contribution in [0.2, 0.25) is 5.02 Å². The first kappa shape index (κ1) is 24.6. The predicted molar refractivity (Wildman–Crippen MR) is 131 cm³/mol. The number of pyridine rings is 1. The number of carbonyl (C=O) groups is 3. The van der Waals surface area contributed by atoms with Gasteiger partial charge in [0.2, 0.25) is 5.91 Å². The lowest BCUT2D eigenvalue weighted by Crippen LogP contribution is -2.60. The SMILES string of the molecule is CC1(F)CN(C(=O)Cn2c(=O)c(C(=O)NCc3ccc(Cl)cc3)cc3nc(N4CCOC4=O)cnc32)C1. The van der Waals surface area contributed by atoms with Gasteiger partial charge in [-0.2, -0.15) is 0 Å². The van der Waals surface area contributed by atoms with Gasteiger partial charge in [0.15, 0.2) is 11.5 Å². The van der Waals surface area contributed by atoms with Gasteiger partial charge in [0.1, 0.15) is 29.9 Å². The van der Waals surface area contributed by atoms with E-state index in [2.05, 4.69) is 15.3 Å². The summed E-state index contributed by atoms with van der Waals surface area (Å²) >= 11 is 5.90. The number of likely N-dealkylation sites (tertiary alicyclic amines) is 1. The van der Waals surface area contributed by atoms with E-state index < -0.39 is 35.7 Å². The van der Waals surface area contributed by atoms with Gasteiger partial charge in [0, 0.05) is 11.6 Å². The summed E-state index contributed by atoms with van der Waals surface area (Å²) in [6, 6.07) is 8.10. The molecule has 2 saturated heterocycles. The molecule has 37 heavy (non-hydrogen) atoms. The Hall–Kier alpha value is -4.06. The van der Waals surface area contributed by atoms with Crippen LogP contribution in [0, 0.1) is 0 Å². The number of alkyl halides is 1. The fraction of sp³-hybridized carbons (Fsp3) is 0.333. The number of hydrogen-bond acceptors (Lipinski definition) is 7. The van der Waals surface area contributed by atoms with Crippen LogP contribution in [0.4, 0.5) is 15.0 Å². The molecule has 1 aromatic carbocycles. The third-order valence-electron chi connectivity index (χ3n) is 6.11. The molecule has 5 rings (SSSR count). The number of aromatic nitrogens is 3. The van der Waals surface area contributed by atoms with Crippen LogP contribution in [0.15, 0.2) is 41.3 Å². The van der Waals surface area contributed by atoms with Crippen LogP contribution in [-0.4, -0.2) is 69.3 Å². The van der Waals surface area contributed by atoms with E-state index in [4.69, 9.17) is 16.3 Å². The van der Waals surface area contributed by atoms with E-state index in [1.807, 2.05) is 0 Å². The molecular formula is C24H22ClFN6O5. The van der Waals surface area contributed by atoms with E-state index >= 15 is 0 Å². The van der Waals surface area contributed by atoms with Crippen molar-refractivity contribution in [2.24, 2.45) is 0 Å². The maximum Gasteiger partial charge on any atom is 0.415 e. The summed E-state index contributed by atoms with van der Waals surface area (Å²) in [5, 5.41) is 3.23. The van der Waals surface area contributed by atoms with E-state index in [0.29, 0.717) is 5.02 Å². The van der Waals surface area contributed by atoms with E-state index in [1.54, 1.807) is 24.3 Å². The van der Waals surface area contributed by atoms with Crippen LogP contribution < -0.4 is 15.8 Å². The lowest BCUT2D eigenvalue weighted by molar-refractivity contribution is -0.144. The summed E-state index contributed by atoms with van der Waals surface area (Å²) in [4.78, 5) is 62.4. The maximum atomic E-state index is 13.9. The normalized spacial score (nSPS) is 16.5. The largest absolute Gasteiger partial charge is 0.447 e. The molecule has 3 aromatic rings. The molecule has 13 heteroatoms. The Morgan fingerprint density at radius 3 is 2.59 bits per heavy atom. The average Bonchev–Trinajstić information content (AvgIpc) is 3.28. The van der Waals surface area contributed by atoms with Crippen LogP contribution in [0.25, 0.3) is 11.2 Å². The van der Waals surface area contributed by atoms with Crippen LogP contribution in [0.3, 0.4) is 0 Å². The summed E-state index contributed by atoms with van der Waals surface area (Å²) < 4.78 is 19.9. The van der Waals surface area contributed by atoms with Crippen molar-refractivity contribution in [3.05, 3.63) is 63.0 Å². The number of fused-ring (bicyclic) bond motifs is 1. The lowest BCUT2D eigenvalue weighted by Gasteiger charge is -2.42. The third-order valence-corrected chi connectivity index (χ3v) is 6.37. The molecule has 0 saturated carbocycles. The molecule has 4 heterocycles. The summed E-state index contributed by atoms with van der Waals surface area (Å²) in [7, 11) is 0. The van der Waals surface area contributed by atoms with Gasteiger partial charge in [-0.05, 0) is 30.7 Å². The predicted octanol–water partition coefficient (Wildman–Crippen LogP) is 1.90. The van der Waals surface area contributed by atoms with Crippen LogP contribution in [0.1, 0.15) is 22.8 Å². The first-order valence-electron chi connectivity index (χ1n) is 11.5. The third kappa shape index (κ3) is 4.96. The van der Waals surface area contributed by atoms with Gasteiger partial charge in [0.25, 0.3) is 11.5 Å². The Kier molecular flexibility index (Phi) is 6.28. The van der Waals surface area contributed by atoms with Gasteiger partial charge in [-0.3, -0.25) is 23.9 Å². The molecule has 192 valence electrons. The van der Waals surface area contributed by atoms with E-state index in [0.717, 1.165) is 10.1 Å². The fourth-order valence-electron chi connectivity index (χ4n) is 4.21. The number of hydrogen-bond donors (Lipinski definition) is 1. The zero-order valence-electron chi connectivity index (χ0n) is 19.7. The molecule has 0 bridgehead atoms. The molecule has 0 atom stereocenters. The fourth-order valence-corrected chi connectivity index (χ4v) is 4.34. The zero-order valence-corrected chi connectivity index (χ0v) is 20.5. The number of rotatable bonds is 6. The second kappa shape index (κ2) is 9.43. The summed E-state index contributed by atoms with van der Waals surface area (Å²) in [6.45, 7) is 1.33. The number of cyclic esters (lactones) is 1. The van der Waals surface area contributed by atoms with Crippen molar-refractivity contribution in [1.82, 2.24) is 24.8 Å². The van der Waals surface area contributed by atoms with Crippen molar-refractivity contribution in [1.29, 1.82) is 0 Å². The van der Waals surface area contributed by atoms with Crippen molar-refractivity contribution in [2.45, 2.75) is 25.7 Å². The van der Waals surface area contributed by atoms with Crippen molar-refractivity contribution < 1.29 is 23.5 Å². The monoisotopic (exact) mass is 528 g/mol. The Bertz CT molecular complexity index is 1470. The average molecular weight is 529 g/mol. The highest BCUT2D eigenvalue weighted by Gasteiger charge is 2.41. The zero-order chi connectivity index (χ0) is 26.3.